The van der Waals surface area contributed by atoms with Crippen LogP contribution >= 0.6 is 0 Å². The second-order valence-electron chi connectivity index (χ2n) is 7.11. The first-order valence-electron chi connectivity index (χ1n) is 9.91. The number of methoxy groups -OCH3 is 1. The molecule has 6 heteroatoms. The second kappa shape index (κ2) is 8.78. The van der Waals surface area contributed by atoms with Crippen LogP contribution in [0.15, 0.2) is 67.0 Å². The fraction of sp³-hybridized carbons (Fsp3) is 0.208. The summed E-state index contributed by atoms with van der Waals surface area (Å²) >= 11 is 0. The monoisotopic (exact) mass is 400 g/mol. The molecular formula is C24H24N4O2. The van der Waals surface area contributed by atoms with Crippen LogP contribution in [0.3, 0.4) is 0 Å². The molecule has 152 valence electrons. The molecular weight excluding hydrogens is 376 g/mol. The summed E-state index contributed by atoms with van der Waals surface area (Å²) in [4.78, 5) is 21.5. The molecule has 1 N–H and O–H groups in total. The third-order valence-electron chi connectivity index (χ3n) is 5.12. The first kappa shape index (κ1) is 19.6. The lowest BCUT2D eigenvalue weighted by atomic mass is 10.1. The van der Waals surface area contributed by atoms with Crippen molar-refractivity contribution in [3.8, 4) is 17.0 Å². The van der Waals surface area contributed by atoms with Gasteiger partial charge in [-0.2, -0.15) is 0 Å². The SMILES string of the molecule is COc1cccc(CNC(=O)CCn2c(-c3cccnc3C)cc3cccnc32)c1. The molecule has 1 aromatic carbocycles. The molecule has 0 spiro atoms. The Balaban J connectivity index is 1.51. The van der Waals surface area contributed by atoms with Crippen molar-refractivity contribution in [1.82, 2.24) is 19.9 Å². The van der Waals surface area contributed by atoms with E-state index in [2.05, 4.69) is 32.0 Å². The molecule has 0 saturated carbocycles. The van der Waals surface area contributed by atoms with Gasteiger partial charge in [-0.3, -0.25) is 9.78 Å². The molecule has 6 nitrogen and oxygen atoms in total. The fourth-order valence-electron chi connectivity index (χ4n) is 3.58. The summed E-state index contributed by atoms with van der Waals surface area (Å²) in [7, 11) is 1.63. The quantitative estimate of drug-likeness (QED) is 0.507. The lowest BCUT2D eigenvalue weighted by molar-refractivity contribution is -0.121. The van der Waals surface area contributed by atoms with Crippen LogP contribution < -0.4 is 10.1 Å². The van der Waals surface area contributed by atoms with Gasteiger partial charge < -0.3 is 14.6 Å². The Morgan fingerprint density at radius 1 is 1.07 bits per heavy atom. The van der Waals surface area contributed by atoms with Gasteiger partial charge in [0.1, 0.15) is 11.4 Å². The molecule has 0 bridgehead atoms. The molecule has 0 atom stereocenters. The molecule has 3 heterocycles. The predicted octanol–water partition coefficient (Wildman–Crippen LogP) is 4.12. The van der Waals surface area contributed by atoms with E-state index in [0.29, 0.717) is 19.5 Å². The van der Waals surface area contributed by atoms with Crippen LogP contribution in [0.25, 0.3) is 22.3 Å². The summed E-state index contributed by atoms with van der Waals surface area (Å²) in [5, 5.41) is 4.04. The van der Waals surface area contributed by atoms with E-state index < -0.39 is 0 Å². The number of aromatic nitrogens is 3. The lowest BCUT2D eigenvalue weighted by Crippen LogP contribution is -2.24. The normalized spacial score (nSPS) is 10.9. The van der Waals surface area contributed by atoms with Crippen LogP contribution in [-0.2, 0) is 17.9 Å². The Hall–Kier alpha value is -3.67. The van der Waals surface area contributed by atoms with Crippen molar-refractivity contribution in [2.45, 2.75) is 26.4 Å². The predicted molar refractivity (Wildman–Crippen MR) is 117 cm³/mol. The number of fused-ring (bicyclic) bond motifs is 1. The van der Waals surface area contributed by atoms with E-state index in [1.54, 1.807) is 19.5 Å². The van der Waals surface area contributed by atoms with Crippen molar-refractivity contribution in [3.05, 3.63) is 78.2 Å². The standard InChI is InChI=1S/C24H24N4O2/c1-17-21(9-5-11-25-17)22-15-19-7-4-12-26-24(19)28(22)13-10-23(29)27-16-18-6-3-8-20(14-18)30-2/h3-9,11-12,14-15H,10,13,16H2,1-2H3,(H,27,29). The fourth-order valence-corrected chi connectivity index (χ4v) is 3.58. The number of hydrogen-bond acceptors (Lipinski definition) is 4. The molecule has 0 radical (unpaired) electrons. The van der Waals surface area contributed by atoms with Crippen LogP contribution in [-0.4, -0.2) is 27.6 Å². The molecule has 3 aromatic heterocycles. The van der Waals surface area contributed by atoms with Crippen molar-refractivity contribution in [3.63, 3.8) is 0 Å². The van der Waals surface area contributed by atoms with Gasteiger partial charge in [-0.1, -0.05) is 12.1 Å². The molecule has 30 heavy (non-hydrogen) atoms. The third-order valence-corrected chi connectivity index (χ3v) is 5.12. The Morgan fingerprint density at radius 2 is 1.90 bits per heavy atom. The van der Waals surface area contributed by atoms with E-state index >= 15 is 0 Å². The topological polar surface area (TPSA) is 69.0 Å². The van der Waals surface area contributed by atoms with Crippen LogP contribution in [0, 0.1) is 6.92 Å². The molecule has 0 fully saturated rings. The van der Waals surface area contributed by atoms with Gasteiger partial charge in [-0.05, 0) is 55.0 Å². The summed E-state index contributed by atoms with van der Waals surface area (Å²) in [6.07, 6.45) is 3.92. The second-order valence-corrected chi connectivity index (χ2v) is 7.11. The Kier molecular flexibility index (Phi) is 5.75. The number of aryl methyl sites for hydroxylation is 2. The third kappa shape index (κ3) is 4.17. The van der Waals surface area contributed by atoms with Gasteiger partial charge in [0.25, 0.3) is 0 Å². The molecule has 0 aliphatic carbocycles. The van der Waals surface area contributed by atoms with Gasteiger partial charge in [0.05, 0.1) is 12.8 Å². The maximum Gasteiger partial charge on any atom is 0.222 e. The minimum absolute atomic E-state index is 0.00976. The molecule has 0 aliphatic heterocycles. The minimum Gasteiger partial charge on any atom is -0.497 e. The maximum atomic E-state index is 12.5. The summed E-state index contributed by atoms with van der Waals surface area (Å²) < 4.78 is 7.34. The number of carbonyl (C=O) groups excluding carboxylic acids is 1. The van der Waals surface area contributed by atoms with Gasteiger partial charge in [-0.15, -0.1) is 0 Å². The zero-order valence-corrected chi connectivity index (χ0v) is 17.1. The highest BCUT2D eigenvalue weighted by atomic mass is 16.5. The largest absolute Gasteiger partial charge is 0.497 e. The molecule has 1 amide bonds. The molecule has 0 unspecified atom stereocenters. The summed E-state index contributed by atoms with van der Waals surface area (Å²) in [5.74, 6) is 0.771. The van der Waals surface area contributed by atoms with Crippen molar-refractivity contribution in [2.24, 2.45) is 0 Å². The molecule has 4 rings (SSSR count). The van der Waals surface area contributed by atoms with E-state index in [0.717, 1.165) is 39.3 Å². The van der Waals surface area contributed by atoms with E-state index in [1.165, 1.54) is 0 Å². The highest BCUT2D eigenvalue weighted by Crippen LogP contribution is 2.28. The Labute approximate surface area is 175 Å². The number of hydrogen-bond donors (Lipinski definition) is 1. The first-order valence-corrected chi connectivity index (χ1v) is 9.91. The molecule has 0 saturated heterocycles. The number of pyridine rings is 2. The zero-order chi connectivity index (χ0) is 20.9. The van der Waals surface area contributed by atoms with Gasteiger partial charge in [0.2, 0.25) is 5.91 Å². The number of nitrogens with one attached hydrogen (secondary N) is 1. The van der Waals surface area contributed by atoms with Crippen LogP contribution in [0.5, 0.6) is 5.75 Å². The smallest absolute Gasteiger partial charge is 0.222 e. The van der Waals surface area contributed by atoms with Gasteiger partial charge in [-0.25, -0.2) is 4.98 Å². The average molecular weight is 400 g/mol. The van der Waals surface area contributed by atoms with Crippen molar-refractivity contribution < 1.29 is 9.53 Å². The van der Waals surface area contributed by atoms with Crippen molar-refractivity contribution >= 4 is 16.9 Å². The van der Waals surface area contributed by atoms with Crippen LogP contribution in [0.2, 0.25) is 0 Å². The van der Waals surface area contributed by atoms with Gasteiger partial charge in [0.15, 0.2) is 0 Å². The number of nitrogens with zero attached hydrogens (tertiary/aromatic N) is 3. The number of ether oxygens (including phenoxy) is 1. The Bertz CT molecular complexity index is 1180. The molecule has 0 aliphatic rings. The minimum atomic E-state index is -0.00976. The zero-order valence-electron chi connectivity index (χ0n) is 17.1. The van der Waals surface area contributed by atoms with Gasteiger partial charge >= 0.3 is 0 Å². The summed E-state index contributed by atoms with van der Waals surface area (Å²) in [6, 6.07) is 17.7. The highest BCUT2D eigenvalue weighted by Gasteiger charge is 2.14. The van der Waals surface area contributed by atoms with Crippen molar-refractivity contribution in [1.29, 1.82) is 0 Å². The Morgan fingerprint density at radius 3 is 2.73 bits per heavy atom. The van der Waals surface area contributed by atoms with Crippen LogP contribution in [0.4, 0.5) is 0 Å². The van der Waals surface area contributed by atoms with Crippen molar-refractivity contribution in [2.75, 3.05) is 7.11 Å². The van der Waals surface area contributed by atoms with E-state index in [4.69, 9.17) is 4.74 Å². The summed E-state index contributed by atoms with van der Waals surface area (Å²) in [5.41, 5.74) is 4.89. The van der Waals surface area contributed by atoms with E-state index in [1.807, 2.05) is 49.4 Å². The number of rotatable bonds is 7. The van der Waals surface area contributed by atoms with E-state index in [9.17, 15) is 4.79 Å². The van der Waals surface area contributed by atoms with Gasteiger partial charge in [0, 0.05) is 48.5 Å². The number of carbonyl (C=O) groups is 1. The summed E-state index contributed by atoms with van der Waals surface area (Å²) in [6.45, 7) is 3.00. The maximum absolute atomic E-state index is 12.5. The molecule has 4 aromatic rings. The number of amides is 1. The lowest BCUT2D eigenvalue weighted by Gasteiger charge is -2.12. The average Bonchev–Trinajstić information content (AvgIpc) is 3.15. The van der Waals surface area contributed by atoms with Crippen LogP contribution in [0.1, 0.15) is 17.7 Å². The highest BCUT2D eigenvalue weighted by molar-refractivity contribution is 5.85. The number of benzene rings is 1. The van der Waals surface area contributed by atoms with E-state index in [-0.39, 0.29) is 5.91 Å². The first-order chi connectivity index (χ1) is 14.7.